The van der Waals surface area contributed by atoms with Gasteiger partial charge in [0.15, 0.2) is 0 Å². The van der Waals surface area contributed by atoms with Gasteiger partial charge in [0.05, 0.1) is 17.4 Å². The van der Waals surface area contributed by atoms with Crippen molar-refractivity contribution in [3.63, 3.8) is 0 Å². The molecule has 5 nitrogen and oxygen atoms in total. The third-order valence-corrected chi connectivity index (χ3v) is 3.81. The van der Waals surface area contributed by atoms with Crippen LogP contribution in [0.1, 0.15) is 28.8 Å². The van der Waals surface area contributed by atoms with Crippen LogP contribution in [-0.2, 0) is 6.54 Å². The smallest absolute Gasteiger partial charge is 0.251 e. The molecule has 0 radical (unpaired) electrons. The highest BCUT2D eigenvalue weighted by Gasteiger charge is 2.20. The molecule has 0 bridgehead atoms. The number of nitrogens with one attached hydrogen (secondary N) is 1. The van der Waals surface area contributed by atoms with Gasteiger partial charge in [0.2, 0.25) is 0 Å². The monoisotopic (exact) mass is 334 g/mol. The molecule has 0 unspecified atom stereocenters. The van der Waals surface area contributed by atoms with Crippen LogP contribution >= 0.6 is 15.9 Å². The van der Waals surface area contributed by atoms with E-state index < -0.39 is 5.91 Å². The first-order chi connectivity index (χ1) is 9.63. The van der Waals surface area contributed by atoms with E-state index in [0.717, 1.165) is 22.3 Å². The van der Waals surface area contributed by atoms with Crippen molar-refractivity contribution >= 4 is 21.8 Å². The highest BCUT2D eigenvalue weighted by atomic mass is 79.9. The second-order valence-corrected chi connectivity index (χ2v) is 5.88. The normalized spacial score (nSPS) is 14.4. The molecule has 0 atom stereocenters. The molecule has 6 heteroatoms. The van der Waals surface area contributed by atoms with E-state index >= 15 is 0 Å². The summed E-state index contributed by atoms with van der Waals surface area (Å²) in [5, 5.41) is 7.70. The summed E-state index contributed by atoms with van der Waals surface area (Å²) in [6, 6.07) is 6.64. The lowest BCUT2D eigenvalue weighted by molar-refractivity contribution is 0.100. The van der Waals surface area contributed by atoms with Gasteiger partial charge in [0, 0.05) is 23.3 Å². The van der Waals surface area contributed by atoms with E-state index in [-0.39, 0.29) is 0 Å². The van der Waals surface area contributed by atoms with E-state index in [1.54, 1.807) is 10.9 Å². The minimum Gasteiger partial charge on any atom is -0.366 e. The summed E-state index contributed by atoms with van der Waals surface area (Å²) in [6.07, 6.45) is 5.64. The molecule has 3 rings (SSSR count). The Hall–Kier alpha value is -1.66. The summed E-state index contributed by atoms with van der Waals surface area (Å²) in [4.78, 5) is 11.2. The number of hydrogen-bond donors (Lipinski definition) is 2. The number of aromatic nitrogens is 2. The molecule has 1 aromatic heterocycles. The Kier molecular flexibility index (Phi) is 3.58. The molecule has 1 heterocycles. The van der Waals surface area contributed by atoms with Gasteiger partial charge in [0.25, 0.3) is 5.91 Å². The van der Waals surface area contributed by atoms with E-state index in [1.165, 1.54) is 19.0 Å². The highest BCUT2D eigenvalue weighted by molar-refractivity contribution is 9.10. The number of carbonyl (C=O) groups is 1. The summed E-state index contributed by atoms with van der Waals surface area (Å²) in [7, 11) is 0. The van der Waals surface area contributed by atoms with Crippen LogP contribution in [0.25, 0.3) is 5.69 Å². The number of rotatable bonds is 5. The van der Waals surface area contributed by atoms with Gasteiger partial charge in [-0.3, -0.25) is 4.79 Å². The highest BCUT2D eigenvalue weighted by Crippen LogP contribution is 2.23. The Balaban J connectivity index is 1.91. The molecule has 0 aliphatic heterocycles. The maximum atomic E-state index is 11.2. The Morgan fingerprint density at radius 1 is 1.50 bits per heavy atom. The lowest BCUT2D eigenvalue weighted by atomic mass is 10.1. The van der Waals surface area contributed by atoms with Crippen molar-refractivity contribution in [1.82, 2.24) is 15.1 Å². The molecular weight excluding hydrogens is 320 g/mol. The van der Waals surface area contributed by atoms with Gasteiger partial charge in [-0.25, -0.2) is 4.68 Å². The number of nitrogens with zero attached hydrogens (tertiary/aromatic N) is 2. The standard InChI is InChI=1S/C14H15BrN4O/c15-11-1-4-13(9(5-11)6-17-12-2-3-12)19-8-10(7-18-19)14(16)20/h1,4-5,7-8,12,17H,2-3,6H2,(H2,16,20). The van der Waals surface area contributed by atoms with Gasteiger partial charge < -0.3 is 11.1 Å². The van der Waals surface area contributed by atoms with Crippen molar-refractivity contribution < 1.29 is 4.79 Å². The number of nitrogens with two attached hydrogens (primary N) is 1. The SMILES string of the molecule is NC(=O)c1cnn(-c2ccc(Br)cc2CNC2CC2)c1. The van der Waals surface area contributed by atoms with E-state index in [1.807, 2.05) is 12.1 Å². The average molecular weight is 335 g/mol. The predicted octanol–water partition coefficient (Wildman–Crippen LogP) is 1.99. The molecular formula is C14H15BrN4O. The van der Waals surface area contributed by atoms with Crippen LogP contribution in [0, 0.1) is 0 Å². The summed E-state index contributed by atoms with van der Waals surface area (Å²) >= 11 is 3.49. The molecule has 1 fully saturated rings. The number of amides is 1. The Labute approximate surface area is 125 Å². The van der Waals surface area contributed by atoms with Crippen LogP contribution < -0.4 is 11.1 Å². The van der Waals surface area contributed by atoms with Crippen LogP contribution in [-0.4, -0.2) is 21.7 Å². The van der Waals surface area contributed by atoms with Gasteiger partial charge in [-0.05, 0) is 36.6 Å². The van der Waals surface area contributed by atoms with Crippen molar-refractivity contribution in [3.05, 3.63) is 46.2 Å². The molecule has 1 saturated carbocycles. The first-order valence-corrected chi connectivity index (χ1v) is 7.29. The minimum absolute atomic E-state index is 0.411. The molecule has 1 amide bonds. The predicted molar refractivity (Wildman–Crippen MR) is 79.6 cm³/mol. The second-order valence-electron chi connectivity index (χ2n) is 4.97. The molecule has 0 spiro atoms. The van der Waals surface area contributed by atoms with Crippen molar-refractivity contribution in [2.75, 3.05) is 0 Å². The van der Waals surface area contributed by atoms with Crippen LogP contribution in [0.3, 0.4) is 0 Å². The molecule has 20 heavy (non-hydrogen) atoms. The number of carbonyl (C=O) groups excluding carboxylic acids is 1. The maximum Gasteiger partial charge on any atom is 0.251 e. The number of primary amides is 1. The van der Waals surface area contributed by atoms with Gasteiger partial charge in [-0.2, -0.15) is 5.10 Å². The van der Waals surface area contributed by atoms with E-state index in [9.17, 15) is 4.79 Å². The number of hydrogen-bond acceptors (Lipinski definition) is 3. The quantitative estimate of drug-likeness (QED) is 0.878. The Morgan fingerprint density at radius 2 is 2.30 bits per heavy atom. The third-order valence-electron chi connectivity index (χ3n) is 3.31. The van der Waals surface area contributed by atoms with Crippen LogP contribution in [0.2, 0.25) is 0 Å². The van der Waals surface area contributed by atoms with Crippen molar-refractivity contribution in [2.24, 2.45) is 5.73 Å². The van der Waals surface area contributed by atoms with Gasteiger partial charge >= 0.3 is 0 Å². The third kappa shape index (κ3) is 2.91. The molecule has 2 aromatic rings. The van der Waals surface area contributed by atoms with Crippen molar-refractivity contribution in [3.8, 4) is 5.69 Å². The Bertz CT molecular complexity index is 648. The Morgan fingerprint density at radius 3 is 2.95 bits per heavy atom. The van der Waals surface area contributed by atoms with E-state index in [0.29, 0.717) is 11.6 Å². The fourth-order valence-electron chi connectivity index (χ4n) is 2.04. The lowest BCUT2D eigenvalue weighted by Crippen LogP contribution is -2.17. The van der Waals surface area contributed by atoms with Crippen LogP contribution in [0.5, 0.6) is 0 Å². The van der Waals surface area contributed by atoms with E-state index in [4.69, 9.17) is 5.73 Å². The van der Waals surface area contributed by atoms with Crippen LogP contribution in [0.4, 0.5) is 0 Å². The summed E-state index contributed by atoms with van der Waals surface area (Å²) in [6.45, 7) is 0.783. The number of benzene rings is 1. The summed E-state index contributed by atoms with van der Waals surface area (Å²) in [5.41, 5.74) is 7.76. The fraction of sp³-hybridized carbons (Fsp3) is 0.286. The zero-order valence-electron chi connectivity index (χ0n) is 10.8. The average Bonchev–Trinajstić information content (AvgIpc) is 3.11. The van der Waals surface area contributed by atoms with Gasteiger partial charge in [-0.1, -0.05) is 15.9 Å². The van der Waals surface area contributed by atoms with Gasteiger partial charge in [-0.15, -0.1) is 0 Å². The van der Waals surface area contributed by atoms with Crippen molar-refractivity contribution in [2.45, 2.75) is 25.4 Å². The van der Waals surface area contributed by atoms with Crippen LogP contribution in [0.15, 0.2) is 35.1 Å². The van der Waals surface area contributed by atoms with E-state index in [2.05, 4.69) is 32.4 Å². The summed E-state index contributed by atoms with van der Waals surface area (Å²) < 4.78 is 2.72. The summed E-state index contributed by atoms with van der Waals surface area (Å²) in [5.74, 6) is -0.467. The lowest BCUT2D eigenvalue weighted by Gasteiger charge is -2.11. The van der Waals surface area contributed by atoms with Gasteiger partial charge in [0.1, 0.15) is 0 Å². The fourth-order valence-corrected chi connectivity index (χ4v) is 2.45. The molecule has 1 aromatic carbocycles. The minimum atomic E-state index is -0.467. The molecule has 3 N–H and O–H groups in total. The van der Waals surface area contributed by atoms with Crippen molar-refractivity contribution in [1.29, 1.82) is 0 Å². The zero-order chi connectivity index (χ0) is 14.1. The largest absolute Gasteiger partial charge is 0.366 e. The molecule has 104 valence electrons. The number of halogens is 1. The second kappa shape index (κ2) is 5.38. The molecule has 1 aliphatic carbocycles. The molecule has 1 aliphatic rings. The zero-order valence-corrected chi connectivity index (χ0v) is 12.4. The topological polar surface area (TPSA) is 72.9 Å². The first-order valence-electron chi connectivity index (χ1n) is 6.50. The maximum absolute atomic E-state index is 11.2. The molecule has 0 saturated heterocycles. The first kappa shape index (κ1) is 13.3.